The van der Waals surface area contributed by atoms with Crippen LogP contribution >= 0.6 is 11.3 Å². The Bertz CT molecular complexity index is 1120. The number of rotatable bonds is 12. The molecule has 0 saturated heterocycles. The van der Waals surface area contributed by atoms with Crippen molar-refractivity contribution in [1.29, 1.82) is 0 Å². The van der Waals surface area contributed by atoms with Crippen molar-refractivity contribution >= 4 is 17.2 Å². The Hall–Kier alpha value is -2.78. The Morgan fingerprint density at radius 3 is 2.65 bits per heavy atom. The minimum absolute atomic E-state index is 0.00402. The van der Waals surface area contributed by atoms with Crippen LogP contribution in [0.4, 0.5) is 4.39 Å². The first-order chi connectivity index (χ1) is 17.9. The number of aliphatic hydroxyl groups excluding tert-OH is 1. The highest BCUT2D eigenvalue weighted by atomic mass is 32.1. The van der Waals surface area contributed by atoms with Crippen molar-refractivity contribution in [2.24, 2.45) is 0 Å². The maximum absolute atomic E-state index is 13.6. The van der Waals surface area contributed by atoms with Gasteiger partial charge < -0.3 is 19.5 Å². The van der Waals surface area contributed by atoms with Crippen LogP contribution in [-0.4, -0.2) is 65.8 Å². The molecule has 1 aliphatic rings. The minimum Gasteiger partial charge on any atom is -0.491 e. The number of hydrogen-bond acceptors (Lipinski definition) is 6. The van der Waals surface area contributed by atoms with Crippen molar-refractivity contribution in [2.45, 2.75) is 45.1 Å². The van der Waals surface area contributed by atoms with Crippen LogP contribution in [-0.2, 0) is 22.6 Å². The summed E-state index contributed by atoms with van der Waals surface area (Å²) in [5, 5.41) is 12.7. The van der Waals surface area contributed by atoms with Crippen molar-refractivity contribution < 1.29 is 23.8 Å². The third kappa shape index (κ3) is 7.61. The number of nitrogens with zero attached hydrogens (tertiary/aromatic N) is 2. The lowest BCUT2D eigenvalue weighted by Crippen LogP contribution is -2.49. The molecule has 2 aromatic carbocycles. The summed E-state index contributed by atoms with van der Waals surface area (Å²) in [6, 6.07) is 17.7. The summed E-state index contributed by atoms with van der Waals surface area (Å²) in [5.41, 5.74) is 2.16. The Morgan fingerprint density at radius 2 is 1.92 bits per heavy atom. The summed E-state index contributed by atoms with van der Waals surface area (Å²) in [7, 11) is 0. The largest absolute Gasteiger partial charge is 0.491 e. The van der Waals surface area contributed by atoms with Gasteiger partial charge >= 0.3 is 0 Å². The average molecular weight is 527 g/mol. The number of thiophene rings is 1. The summed E-state index contributed by atoms with van der Waals surface area (Å²) < 4.78 is 25.0. The van der Waals surface area contributed by atoms with E-state index in [0.29, 0.717) is 32.1 Å². The lowest BCUT2D eigenvalue weighted by molar-refractivity contribution is -0.137. The van der Waals surface area contributed by atoms with E-state index in [1.54, 1.807) is 23.5 Å². The van der Waals surface area contributed by atoms with E-state index in [0.717, 1.165) is 17.5 Å². The number of aliphatic hydroxyl groups is 1. The summed E-state index contributed by atoms with van der Waals surface area (Å²) in [6.45, 7) is 6.11. The number of amides is 1. The van der Waals surface area contributed by atoms with E-state index < -0.39 is 6.10 Å². The fourth-order valence-electron chi connectivity index (χ4n) is 4.51. The molecule has 8 heteroatoms. The highest BCUT2D eigenvalue weighted by Crippen LogP contribution is 2.34. The number of ether oxygens (including phenoxy) is 2. The monoisotopic (exact) mass is 526 g/mol. The van der Waals surface area contributed by atoms with E-state index in [-0.39, 0.29) is 37.0 Å². The molecular weight excluding hydrogens is 491 g/mol. The predicted molar refractivity (Wildman–Crippen MR) is 143 cm³/mol. The standard InChI is InChI=1S/C29H35FN2O4S/c1-21(2)31(16-24(33)19-35-18-22-6-4-3-5-7-22)17-29(34)32-14-12-28-26(13-15-37-28)27(32)20-36-25-10-8-23(30)9-11-25/h3-11,13,15,21,24,27,33H,12,14,16-20H2,1-2H3/t24-,27+/m0/s1. The SMILES string of the molecule is CC(C)N(CC(=O)N1CCc2sccc2[C@H]1COc1ccc(F)cc1)C[C@H](O)COCc1ccccc1. The number of carbonyl (C=O) groups excluding carboxylic acids is 1. The van der Waals surface area contributed by atoms with Crippen LogP contribution in [0.15, 0.2) is 66.0 Å². The first-order valence-electron chi connectivity index (χ1n) is 12.7. The third-order valence-corrected chi connectivity index (χ3v) is 7.57. The second-order valence-corrected chi connectivity index (χ2v) is 10.6. The number of halogens is 1. The molecule has 3 aromatic rings. The number of fused-ring (bicyclic) bond motifs is 1. The minimum atomic E-state index is -0.707. The first-order valence-corrected chi connectivity index (χ1v) is 13.6. The second kappa shape index (κ2) is 13.1. The molecule has 1 amide bonds. The van der Waals surface area contributed by atoms with Crippen LogP contribution in [0, 0.1) is 5.82 Å². The van der Waals surface area contributed by atoms with Gasteiger partial charge in [-0.2, -0.15) is 0 Å². The lowest BCUT2D eigenvalue weighted by Gasteiger charge is -2.38. The predicted octanol–water partition coefficient (Wildman–Crippen LogP) is 4.68. The van der Waals surface area contributed by atoms with Crippen LogP contribution < -0.4 is 4.74 Å². The Labute approximate surface area is 222 Å². The molecule has 0 unspecified atom stereocenters. The molecule has 2 atom stereocenters. The summed E-state index contributed by atoms with van der Waals surface area (Å²) in [5.74, 6) is 0.248. The highest BCUT2D eigenvalue weighted by Gasteiger charge is 2.33. The van der Waals surface area contributed by atoms with E-state index in [1.165, 1.54) is 17.0 Å². The first kappa shape index (κ1) is 27.3. The van der Waals surface area contributed by atoms with Gasteiger partial charge in [-0.3, -0.25) is 9.69 Å². The Morgan fingerprint density at radius 1 is 1.16 bits per heavy atom. The van der Waals surface area contributed by atoms with Crippen LogP contribution in [0.2, 0.25) is 0 Å². The lowest BCUT2D eigenvalue weighted by atomic mass is 10.00. The fraction of sp³-hybridized carbons (Fsp3) is 0.414. The smallest absolute Gasteiger partial charge is 0.237 e. The molecule has 0 spiro atoms. The van der Waals surface area contributed by atoms with Crippen molar-refractivity contribution in [3.05, 3.63) is 87.9 Å². The van der Waals surface area contributed by atoms with Crippen molar-refractivity contribution in [2.75, 3.05) is 32.8 Å². The molecule has 37 heavy (non-hydrogen) atoms. The Balaban J connectivity index is 1.36. The van der Waals surface area contributed by atoms with Gasteiger partial charge in [0.15, 0.2) is 0 Å². The van der Waals surface area contributed by atoms with E-state index in [9.17, 15) is 14.3 Å². The van der Waals surface area contributed by atoms with E-state index in [2.05, 4.69) is 11.4 Å². The van der Waals surface area contributed by atoms with Gasteiger partial charge in [-0.1, -0.05) is 30.3 Å². The molecule has 1 aliphatic heterocycles. The van der Waals surface area contributed by atoms with Gasteiger partial charge in [0.1, 0.15) is 18.2 Å². The molecule has 0 saturated carbocycles. The molecule has 1 N–H and O–H groups in total. The topological polar surface area (TPSA) is 62.2 Å². The van der Waals surface area contributed by atoms with Crippen molar-refractivity contribution in [3.63, 3.8) is 0 Å². The maximum atomic E-state index is 13.6. The number of hydrogen-bond donors (Lipinski definition) is 1. The molecule has 198 valence electrons. The molecular formula is C29H35FN2O4S. The van der Waals surface area contributed by atoms with Crippen LogP contribution in [0.5, 0.6) is 5.75 Å². The average Bonchev–Trinajstić information content (AvgIpc) is 3.37. The molecule has 0 bridgehead atoms. The van der Waals surface area contributed by atoms with E-state index in [4.69, 9.17) is 9.47 Å². The number of carbonyl (C=O) groups is 1. The third-order valence-electron chi connectivity index (χ3n) is 6.57. The summed E-state index contributed by atoms with van der Waals surface area (Å²) in [4.78, 5) is 18.7. The zero-order valence-corrected chi connectivity index (χ0v) is 22.2. The van der Waals surface area contributed by atoms with Crippen molar-refractivity contribution in [3.8, 4) is 5.75 Å². The molecule has 1 aromatic heterocycles. The molecule has 0 aliphatic carbocycles. The van der Waals surface area contributed by atoms with Gasteiger partial charge in [0.05, 0.1) is 31.9 Å². The Kier molecular flexibility index (Phi) is 9.68. The normalized spacial score (nSPS) is 16.2. The maximum Gasteiger partial charge on any atom is 0.237 e. The molecule has 0 fully saturated rings. The quantitative estimate of drug-likeness (QED) is 0.371. The highest BCUT2D eigenvalue weighted by molar-refractivity contribution is 7.10. The van der Waals surface area contributed by atoms with Gasteiger partial charge in [-0.25, -0.2) is 4.39 Å². The fourth-order valence-corrected chi connectivity index (χ4v) is 5.44. The second-order valence-electron chi connectivity index (χ2n) is 9.59. The van der Waals surface area contributed by atoms with Gasteiger partial charge in [-0.15, -0.1) is 11.3 Å². The van der Waals surface area contributed by atoms with Gasteiger partial charge in [0.25, 0.3) is 0 Å². The molecule has 4 rings (SSSR count). The van der Waals surface area contributed by atoms with Crippen LogP contribution in [0.25, 0.3) is 0 Å². The van der Waals surface area contributed by atoms with Gasteiger partial charge in [0, 0.05) is 24.0 Å². The summed E-state index contributed by atoms with van der Waals surface area (Å²) >= 11 is 1.70. The van der Waals surface area contributed by atoms with Gasteiger partial charge in [-0.05, 0) is 67.1 Å². The zero-order chi connectivity index (χ0) is 26.2. The van der Waals surface area contributed by atoms with Crippen molar-refractivity contribution in [1.82, 2.24) is 9.80 Å². The van der Waals surface area contributed by atoms with E-state index in [1.807, 2.05) is 54.0 Å². The molecule has 6 nitrogen and oxygen atoms in total. The van der Waals surface area contributed by atoms with Crippen LogP contribution in [0.3, 0.4) is 0 Å². The zero-order valence-electron chi connectivity index (χ0n) is 21.4. The van der Waals surface area contributed by atoms with Gasteiger partial charge in [0.2, 0.25) is 5.91 Å². The molecule has 0 radical (unpaired) electrons. The molecule has 2 heterocycles. The van der Waals surface area contributed by atoms with Crippen LogP contribution in [0.1, 0.15) is 35.9 Å². The summed E-state index contributed by atoms with van der Waals surface area (Å²) in [6.07, 6.45) is 0.102. The number of benzene rings is 2. The van der Waals surface area contributed by atoms with E-state index >= 15 is 0 Å².